The van der Waals surface area contributed by atoms with Gasteiger partial charge in [0, 0.05) is 45.5 Å². The standard InChI is InChI=1S/C13H16N6O/c1-11(20)17-7-9-18(10-8-17)12-3-4-13(16-15-12)19-6-2-5-14-19/h2-6H,7-10H2,1H3. The molecule has 0 N–H and O–H groups in total. The minimum absolute atomic E-state index is 0.129. The van der Waals surface area contributed by atoms with Crippen molar-refractivity contribution in [1.82, 2.24) is 24.9 Å². The lowest BCUT2D eigenvalue weighted by molar-refractivity contribution is -0.129. The summed E-state index contributed by atoms with van der Waals surface area (Å²) in [6, 6.07) is 5.68. The van der Waals surface area contributed by atoms with Gasteiger partial charge in [-0.3, -0.25) is 4.79 Å². The molecule has 1 aliphatic rings. The van der Waals surface area contributed by atoms with Crippen LogP contribution in [0.3, 0.4) is 0 Å². The average Bonchev–Trinajstić information content (AvgIpc) is 3.02. The summed E-state index contributed by atoms with van der Waals surface area (Å²) >= 11 is 0. The highest BCUT2D eigenvalue weighted by Gasteiger charge is 2.19. The van der Waals surface area contributed by atoms with Crippen molar-refractivity contribution < 1.29 is 4.79 Å². The predicted molar refractivity (Wildman–Crippen MR) is 73.6 cm³/mol. The maximum Gasteiger partial charge on any atom is 0.219 e. The minimum atomic E-state index is 0.129. The van der Waals surface area contributed by atoms with Gasteiger partial charge in [0.25, 0.3) is 0 Å². The number of nitrogens with zero attached hydrogens (tertiary/aromatic N) is 6. The fourth-order valence-corrected chi connectivity index (χ4v) is 2.26. The van der Waals surface area contributed by atoms with Crippen LogP contribution in [-0.4, -0.2) is 57.0 Å². The highest BCUT2D eigenvalue weighted by atomic mass is 16.2. The van der Waals surface area contributed by atoms with Crippen LogP contribution in [0.4, 0.5) is 5.82 Å². The molecule has 0 unspecified atom stereocenters. The molecule has 0 atom stereocenters. The lowest BCUT2D eigenvalue weighted by Crippen LogP contribution is -2.48. The highest BCUT2D eigenvalue weighted by Crippen LogP contribution is 2.13. The van der Waals surface area contributed by atoms with Gasteiger partial charge in [0.1, 0.15) is 0 Å². The van der Waals surface area contributed by atoms with Crippen LogP contribution >= 0.6 is 0 Å². The van der Waals surface area contributed by atoms with E-state index < -0.39 is 0 Å². The van der Waals surface area contributed by atoms with Crippen LogP contribution in [0, 0.1) is 0 Å². The summed E-state index contributed by atoms with van der Waals surface area (Å²) < 4.78 is 1.67. The monoisotopic (exact) mass is 272 g/mol. The number of amides is 1. The molecule has 0 spiro atoms. The van der Waals surface area contributed by atoms with E-state index in [4.69, 9.17) is 0 Å². The molecule has 2 aromatic heterocycles. The molecular formula is C13H16N6O. The second-order valence-corrected chi connectivity index (χ2v) is 4.69. The van der Waals surface area contributed by atoms with Crippen molar-refractivity contribution in [3.8, 4) is 5.82 Å². The number of hydrogen-bond acceptors (Lipinski definition) is 5. The molecule has 0 aliphatic carbocycles. The van der Waals surface area contributed by atoms with Gasteiger partial charge in [-0.15, -0.1) is 10.2 Å². The molecule has 0 bridgehead atoms. The van der Waals surface area contributed by atoms with Crippen LogP contribution in [0.1, 0.15) is 6.92 Å². The van der Waals surface area contributed by atoms with E-state index in [-0.39, 0.29) is 5.91 Å². The molecule has 1 amide bonds. The van der Waals surface area contributed by atoms with Crippen molar-refractivity contribution >= 4 is 11.7 Å². The van der Waals surface area contributed by atoms with Crippen molar-refractivity contribution in [3.63, 3.8) is 0 Å². The molecule has 3 heterocycles. The zero-order chi connectivity index (χ0) is 13.9. The van der Waals surface area contributed by atoms with E-state index >= 15 is 0 Å². The smallest absolute Gasteiger partial charge is 0.219 e. The summed E-state index contributed by atoms with van der Waals surface area (Å²) in [5, 5.41) is 12.5. The third-order valence-corrected chi connectivity index (χ3v) is 3.42. The molecule has 0 aromatic carbocycles. The Balaban J connectivity index is 1.68. The topological polar surface area (TPSA) is 67.2 Å². The lowest BCUT2D eigenvalue weighted by Gasteiger charge is -2.34. The molecule has 3 rings (SSSR count). The quantitative estimate of drug-likeness (QED) is 0.788. The number of carbonyl (C=O) groups excluding carboxylic acids is 1. The first kappa shape index (κ1) is 12.6. The van der Waals surface area contributed by atoms with Crippen LogP contribution in [0.25, 0.3) is 5.82 Å². The van der Waals surface area contributed by atoms with Crippen LogP contribution < -0.4 is 4.90 Å². The third kappa shape index (κ3) is 2.47. The van der Waals surface area contributed by atoms with Gasteiger partial charge in [0.2, 0.25) is 5.91 Å². The second-order valence-electron chi connectivity index (χ2n) is 4.69. The number of rotatable bonds is 2. The highest BCUT2D eigenvalue weighted by molar-refractivity contribution is 5.73. The van der Waals surface area contributed by atoms with Crippen molar-refractivity contribution in [2.75, 3.05) is 31.1 Å². The van der Waals surface area contributed by atoms with E-state index in [0.717, 1.165) is 32.0 Å². The van der Waals surface area contributed by atoms with Crippen molar-refractivity contribution in [1.29, 1.82) is 0 Å². The second kappa shape index (κ2) is 5.28. The minimum Gasteiger partial charge on any atom is -0.352 e. The van der Waals surface area contributed by atoms with Gasteiger partial charge in [-0.1, -0.05) is 0 Å². The molecule has 2 aromatic rings. The van der Waals surface area contributed by atoms with Gasteiger partial charge in [0.15, 0.2) is 11.6 Å². The van der Waals surface area contributed by atoms with Gasteiger partial charge >= 0.3 is 0 Å². The van der Waals surface area contributed by atoms with Gasteiger partial charge in [0.05, 0.1) is 0 Å². The Morgan fingerprint density at radius 1 is 1.10 bits per heavy atom. The predicted octanol–water partition coefficient (Wildman–Crippen LogP) is 0.331. The molecule has 7 heteroatoms. The van der Waals surface area contributed by atoms with Crippen LogP contribution in [0.2, 0.25) is 0 Å². The van der Waals surface area contributed by atoms with Gasteiger partial charge < -0.3 is 9.80 Å². The summed E-state index contributed by atoms with van der Waals surface area (Å²) in [7, 11) is 0. The molecule has 0 saturated carbocycles. The number of aromatic nitrogens is 4. The summed E-state index contributed by atoms with van der Waals surface area (Å²) in [5.74, 6) is 1.66. The Morgan fingerprint density at radius 3 is 2.35 bits per heavy atom. The van der Waals surface area contributed by atoms with Crippen LogP contribution in [0.15, 0.2) is 30.6 Å². The lowest BCUT2D eigenvalue weighted by atomic mass is 10.3. The Labute approximate surface area is 116 Å². The molecule has 1 aliphatic heterocycles. The number of anilines is 1. The van der Waals surface area contributed by atoms with Crippen molar-refractivity contribution in [2.24, 2.45) is 0 Å². The van der Waals surface area contributed by atoms with E-state index in [1.165, 1.54) is 0 Å². The summed E-state index contributed by atoms with van der Waals surface area (Å²) in [6.45, 7) is 4.65. The zero-order valence-electron chi connectivity index (χ0n) is 11.3. The number of hydrogen-bond donors (Lipinski definition) is 0. The van der Waals surface area contributed by atoms with E-state index in [1.54, 1.807) is 17.8 Å². The Bertz CT molecular complexity index is 571. The molecule has 20 heavy (non-hydrogen) atoms. The number of carbonyl (C=O) groups is 1. The first-order valence-corrected chi connectivity index (χ1v) is 6.58. The first-order valence-electron chi connectivity index (χ1n) is 6.58. The van der Waals surface area contributed by atoms with E-state index in [1.807, 2.05) is 29.3 Å². The van der Waals surface area contributed by atoms with Gasteiger partial charge in [-0.2, -0.15) is 5.10 Å². The molecule has 1 fully saturated rings. The van der Waals surface area contributed by atoms with Crippen LogP contribution in [0.5, 0.6) is 0 Å². The Hall–Kier alpha value is -2.44. The number of piperazine rings is 1. The zero-order valence-corrected chi connectivity index (χ0v) is 11.3. The third-order valence-electron chi connectivity index (χ3n) is 3.42. The molecule has 0 radical (unpaired) electrons. The van der Waals surface area contributed by atoms with Crippen molar-refractivity contribution in [2.45, 2.75) is 6.92 Å². The van der Waals surface area contributed by atoms with E-state index in [2.05, 4.69) is 20.2 Å². The summed E-state index contributed by atoms with van der Waals surface area (Å²) in [5.41, 5.74) is 0. The maximum absolute atomic E-state index is 11.3. The Morgan fingerprint density at radius 2 is 1.80 bits per heavy atom. The van der Waals surface area contributed by atoms with E-state index in [0.29, 0.717) is 5.82 Å². The van der Waals surface area contributed by atoms with Crippen LogP contribution in [-0.2, 0) is 4.79 Å². The molecular weight excluding hydrogens is 256 g/mol. The summed E-state index contributed by atoms with van der Waals surface area (Å²) in [4.78, 5) is 15.3. The first-order chi connectivity index (χ1) is 9.74. The maximum atomic E-state index is 11.3. The largest absolute Gasteiger partial charge is 0.352 e. The fourth-order valence-electron chi connectivity index (χ4n) is 2.26. The van der Waals surface area contributed by atoms with Crippen molar-refractivity contribution in [3.05, 3.63) is 30.6 Å². The molecule has 1 saturated heterocycles. The molecule has 7 nitrogen and oxygen atoms in total. The molecule has 104 valence electrons. The van der Waals surface area contributed by atoms with Gasteiger partial charge in [-0.05, 0) is 18.2 Å². The van der Waals surface area contributed by atoms with Gasteiger partial charge in [-0.25, -0.2) is 4.68 Å². The average molecular weight is 272 g/mol. The Kier molecular flexibility index (Phi) is 3.32. The van der Waals surface area contributed by atoms with E-state index in [9.17, 15) is 4.79 Å². The summed E-state index contributed by atoms with van der Waals surface area (Å²) in [6.07, 6.45) is 3.53. The normalized spacial score (nSPS) is 15.4. The fraction of sp³-hybridized carbons (Fsp3) is 0.385. The SMILES string of the molecule is CC(=O)N1CCN(c2ccc(-n3cccn3)nn2)CC1.